The van der Waals surface area contributed by atoms with Crippen LogP contribution in [0.2, 0.25) is 0 Å². The van der Waals surface area contributed by atoms with Crippen molar-refractivity contribution in [1.82, 2.24) is 0 Å². The van der Waals surface area contributed by atoms with Crippen molar-refractivity contribution in [3.05, 3.63) is 58.3 Å². The molecule has 2 heterocycles. The van der Waals surface area contributed by atoms with Crippen molar-refractivity contribution < 1.29 is 0 Å². The highest BCUT2D eigenvalue weighted by Gasteiger charge is 2.03. The zero-order valence-electron chi connectivity index (χ0n) is 10.4. The number of aryl methyl sites for hydroxylation is 2. The normalized spacial score (nSPS) is 10.8. The van der Waals surface area contributed by atoms with E-state index in [0.717, 1.165) is 0 Å². The smallest absolute Gasteiger partial charge is 0.0345 e. The van der Waals surface area contributed by atoms with Crippen LogP contribution in [0.3, 0.4) is 0 Å². The number of thiophene rings is 2. The SMILES string of the molecule is Cc1ccc(-c2ccc(-c3ccc(C)s3)cc2)s1. The first kappa shape index (κ1) is 11.7. The molecule has 90 valence electrons. The summed E-state index contributed by atoms with van der Waals surface area (Å²) in [4.78, 5) is 5.42. The quantitative estimate of drug-likeness (QED) is 0.555. The molecule has 0 aliphatic rings. The number of hydrogen-bond acceptors (Lipinski definition) is 2. The molecule has 0 fully saturated rings. The Morgan fingerprint density at radius 3 is 1.22 bits per heavy atom. The summed E-state index contributed by atoms with van der Waals surface area (Å²) >= 11 is 3.70. The molecule has 0 atom stereocenters. The van der Waals surface area contributed by atoms with Crippen LogP contribution in [0.5, 0.6) is 0 Å². The van der Waals surface area contributed by atoms with E-state index in [1.807, 2.05) is 22.7 Å². The lowest BCUT2D eigenvalue weighted by Crippen LogP contribution is -1.74. The number of benzene rings is 1. The van der Waals surface area contributed by atoms with Crippen molar-refractivity contribution in [3.63, 3.8) is 0 Å². The largest absolute Gasteiger partial charge is 0.141 e. The van der Waals surface area contributed by atoms with Crippen LogP contribution >= 0.6 is 22.7 Å². The summed E-state index contributed by atoms with van der Waals surface area (Å²) in [5.41, 5.74) is 2.62. The average molecular weight is 270 g/mol. The van der Waals surface area contributed by atoms with Crippen molar-refractivity contribution >= 4 is 22.7 Å². The van der Waals surface area contributed by atoms with E-state index >= 15 is 0 Å². The predicted octanol–water partition coefficient (Wildman–Crippen LogP) is 5.76. The molecule has 0 saturated heterocycles. The lowest BCUT2D eigenvalue weighted by atomic mass is 10.1. The average Bonchev–Trinajstić information content (AvgIpc) is 2.98. The Bertz CT molecular complexity index is 597. The zero-order chi connectivity index (χ0) is 12.5. The van der Waals surface area contributed by atoms with E-state index < -0.39 is 0 Å². The van der Waals surface area contributed by atoms with Gasteiger partial charge >= 0.3 is 0 Å². The second kappa shape index (κ2) is 4.71. The molecule has 0 amide bonds. The second-order valence-electron chi connectivity index (χ2n) is 4.40. The predicted molar refractivity (Wildman–Crippen MR) is 82.5 cm³/mol. The third-order valence-corrected chi connectivity index (χ3v) is 5.03. The number of hydrogen-bond donors (Lipinski definition) is 0. The first-order valence-electron chi connectivity index (χ1n) is 5.96. The highest BCUT2D eigenvalue weighted by atomic mass is 32.1. The van der Waals surface area contributed by atoms with Gasteiger partial charge in [0.15, 0.2) is 0 Å². The highest BCUT2D eigenvalue weighted by Crippen LogP contribution is 2.32. The minimum absolute atomic E-state index is 1.31. The fourth-order valence-electron chi connectivity index (χ4n) is 1.98. The van der Waals surface area contributed by atoms with Crippen molar-refractivity contribution in [2.75, 3.05) is 0 Å². The maximum atomic E-state index is 2.22. The van der Waals surface area contributed by atoms with Gasteiger partial charge in [0.1, 0.15) is 0 Å². The summed E-state index contributed by atoms with van der Waals surface area (Å²) in [6.07, 6.45) is 0. The van der Waals surface area contributed by atoms with Crippen LogP contribution in [0.4, 0.5) is 0 Å². The summed E-state index contributed by atoms with van der Waals surface area (Å²) < 4.78 is 0. The van der Waals surface area contributed by atoms with E-state index in [2.05, 4.69) is 62.4 Å². The van der Waals surface area contributed by atoms with Gasteiger partial charge in [-0.25, -0.2) is 0 Å². The van der Waals surface area contributed by atoms with E-state index in [9.17, 15) is 0 Å². The second-order valence-corrected chi connectivity index (χ2v) is 6.97. The van der Waals surface area contributed by atoms with Gasteiger partial charge in [0.25, 0.3) is 0 Å². The minimum Gasteiger partial charge on any atom is -0.141 e. The summed E-state index contributed by atoms with van der Waals surface area (Å²) in [6, 6.07) is 17.6. The minimum atomic E-state index is 1.31. The van der Waals surface area contributed by atoms with Crippen molar-refractivity contribution in [1.29, 1.82) is 0 Å². The fourth-order valence-corrected chi connectivity index (χ4v) is 3.72. The fraction of sp³-hybridized carbons (Fsp3) is 0.125. The molecule has 3 aromatic rings. The first-order chi connectivity index (χ1) is 8.72. The molecule has 0 nitrogen and oxygen atoms in total. The zero-order valence-corrected chi connectivity index (χ0v) is 12.1. The molecule has 0 bridgehead atoms. The molecule has 0 aliphatic carbocycles. The molecule has 2 heteroatoms. The van der Waals surface area contributed by atoms with Gasteiger partial charge < -0.3 is 0 Å². The van der Waals surface area contributed by atoms with Gasteiger partial charge in [0.05, 0.1) is 0 Å². The third-order valence-electron chi connectivity index (χ3n) is 2.93. The molecule has 3 rings (SSSR count). The molecular weight excluding hydrogens is 256 g/mol. The maximum absolute atomic E-state index is 2.22. The summed E-state index contributed by atoms with van der Waals surface area (Å²) in [5, 5.41) is 0. The molecule has 0 spiro atoms. The van der Waals surface area contributed by atoms with E-state index in [1.165, 1.54) is 30.6 Å². The standard InChI is InChI=1S/C16H14S2/c1-11-3-9-15(17-11)13-5-7-14(8-6-13)16-10-4-12(2)18-16/h3-10H,1-2H3. The van der Waals surface area contributed by atoms with E-state index in [-0.39, 0.29) is 0 Å². The van der Waals surface area contributed by atoms with Crippen LogP contribution in [0.15, 0.2) is 48.5 Å². The van der Waals surface area contributed by atoms with Gasteiger partial charge in [-0.2, -0.15) is 0 Å². The van der Waals surface area contributed by atoms with E-state index in [1.54, 1.807) is 0 Å². The van der Waals surface area contributed by atoms with Crippen LogP contribution < -0.4 is 0 Å². The van der Waals surface area contributed by atoms with Crippen LogP contribution in [-0.4, -0.2) is 0 Å². The van der Waals surface area contributed by atoms with Gasteiger partial charge in [0, 0.05) is 19.5 Å². The Morgan fingerprint density at radius 1 is 0.556 bits per heavy atom. The Labute approximate surface area is 116 Å². The van der Waals surface area contributed by atoms with Gasteiger partial charge in [-0.05, 0) is 49.2 Å². The van der Waals surface area contributed by atoms with Gasteiger partial charge in [-0.1, -0.05) is 24.3 Å². The molecule has 0 unspecified atom stereocenters. The molecule has 2 aromatic heterocycles. The molecule has 18 heavy (non-hydrogen) atoms. The lowest BCUT2D eigenvalue weighted by Gasteiger charge is -2.00. The summed E-state index contributed by atoms with van der Waals surface area (Å²) in [6.45, 7) is 4.30. The van der Waals surface area contributed by atoms with Crippen molar-refractivity contribution in [3.8, 4) is 20.9 Å². The molecule has 0 saturated carbocycles. The molecule has 0 aliphatic heterocycles. The number of rotatable bonds is 2. The monoisotopic (exact) mass is 270 g/mol. The van der Waals surface area contributed by atoms with E-state index in [4.69, 9.17) is 0 Å². The summed E-state index contributed by atoms with van der Waals surface area (Å²) in [5.74, 6) is 0. The van der Waals surface area contributed by atoms with Crippen LogP contribution in [0.25, 0.3) is 20.9 Å². The molecule has 0 N–H and O–H groups in total. The highest BCUT2D eigenvalue weighted by molar-refractivity contribution is 7.15. The summed E-state index contributed by atoms with van der Waals surface area (Å²) in [7, 11) is 0. The van der Waals surface area contributed by atoms with Crippen molar-refractivity contribution in [2.45, 2.75) is 13.8 Å². The van der Waals surface area contributed by atoms with Crippen LogP contribution in [0.1, 0.15) is 9.75 Å². The maximum Gasteiger partial charge on any atom is 0.0345 e. The van der Waals surface area contributed by atoms with Gasteiger partial charge in [-0.15, -0.1) is 22.7 Å². The first-order valence-corrected chi connectivity index (χ1v) is 7.59. The molecular formula is C16H14S2. The lowest BCUT2D eigenvalue weighted by molar-refractivity contribution is 1.64. The Kier molecular flexibility index (Phi) is 3.06. The molecule has 1 aromatic carbocycles. The van der Waals surface area contributed by atoms with Gasteiger partial charge in [0.2, 0.25) is 0 Å². The van der Waals surface area contributed by atoms with Gasteiger partial charge in [-0.3, -0.25) is 0 Å². The molecule has 0 radical (unpaired) electrons. The Hall–Kier alpha value is -1.38. The Morgan fingerprint density at radius 2 is 0.944 bits per heavy atom. The topological polar surface area (TPSA) is 0 Å². The van der Waals surface area contributed by atoms with Crippen LogP contribution in [0, 0.1) is 13.8 Å². The van der Waals surface area contributed by atoms with Crippen LogP contribution in [-0.2, 0) is 0 Å². The Balaban J connectivity index is 1.94. The van der Waals surface area contributed by atoms with E-state index in [0.29, 0.717) is 0 Å². The third kappa shape index (κ3) is 2.26. The van der Waals surface area contributed by atoms with Crippen molar-refractivity contribution in [2.24, 2.45) is 0 Å².